The van der Waals surface area contributed by atoms with Crippen molar-refractivity contribution in [3.8, 4) is 11.5 Å². The summed E-state index contributed by atoms with van der Waals surface area (Å²) in [6.45, 7) is 3.35. The molecule has 0 spiro atoms. The molecule has 1 heterocycles. The van der Waals surface area contributed by atoms with E-state index in [1.54, 1.807) is 32.0 Å². The van der Waals surface area contributed by atoms with Crippen LogP contribution >= 0.6 is 24.0 Å². The Balaban J connectivity index is 2.40. The van der Waals surface area contributed by atoms with Gasteiger partial charge in [0.2, 0.25) is 0 Å². The fraction of sp³-hybridized carbons (Fsp3) is 0.312. The van der Waals surface area contributed by atoms with Crippen LogP contribution in [0.4, 0.5) is 0 Å². The summed E-state index contributed by atoms with van der Waals surface area (Å²) in [4.78, 5) is 25.2. The van der Waals surface area contributed by atoms with E-state index in [4.69, 9.17) is 17.0 Å². The Hall–Kier alpha value is -2.06. The number of methoxy groups -OCH3 is 1. The first-order valence-electron chi connectivity index (χ1n) is 7.11. The number of thiocarbonyl (C=S) groups is 1. The summed E-state index contributed by atoms with van der Waals surface area (Å²) in [7, 11) is 1.42. The van der Waals surface area contributed by atoms with Gasteiger partial charge < -0.3 is 19.7 Å². The fourth-order valence-electron chi connectivity index (χ4n) is 2.36. The molecule has 1 aliphatic heterocycles. The fourth-order valence-corrected chi connectivity index (χ4v) is 3.68. The minimum atomic E-state index is -1.35. The van der Waals surface area contributed by atoms with Crippen LogP contribution in [0.15, 0.2) is 23.1 Å². The monoisotopic (exact) mass is 366 g/mol. The van der Waals surface area contributed by atoms with Gasteiger partial charge in [0.25, 0.3) is 5.91 Å². The van der Waals surface area contributed by atoms with E-state index >= 15 is 0 Å². The molecule has 24 heavy (non-hydrogen) atoms. The summed E-state index contributed by atoms with van der Waals surface area (Å²) in [6, 6.07) is 3.73. The molecule has 128 valence electrons. The van der Waals surface area contributed by atoms with Gasteiger partial charge in [-0.05, 0) is 18.1 Å². The molecule has 0 unspecified atom stereocenters. The summed E-state index contributed by atoms with van der Waals surface area (Å²) >= 11 is 6.14. The van der Waals surface area contributed by atoms with Gasteiger partial charge in [-0.15, -0.1) is 0 Å². The molecule has 0 saturated carbocycles. The van der Waals surface area contributed by atoms with Crippen LogP contribution in [-0.2, 0) is 9.59 Å². The Bertz CT molecular complexity index is 729. The summed E-state index contributed by atoms with van der Waals surface area (Å²) in [6.07, 6.45) is 1.46. The summed E-state index contributed by atoms with van der Waals surface area (Å²) in [5.41, 5.74) is 0.379. The number of para-hydroxylation sites is 1. The number of hydrogen-bond acceptors (Lipinski definition) is 7. The molecule has 2 rings (SSSR count). The Labute approximate surface area is 149 Å². The highest BCUT2D eigenvalue weighted by Crippen LogP contribution is 2.38. The molecule has 1 amide bonds. The largest absolute Gasteiger partial charge is 0.548 e. The number of carboxylic acid groups (broad SMARTS) is 1. The second-order valence-electron chi connectivity index (χ2n) is 5.46. The molecule has 1 aliphatic rings. The third-order valence-corrected chi connectivity index (χ3v) is 4.84. The van der Waals surface area contributed by atoms with E-state index in [2.05, 4.69) is 0 Å². The molecule has 0 aromatic heterocycles. The first-order chi connectivity index (χ1) is 11.3. The van der Waals surface area contributed by atoms with Gasteiger partial charge in [-0.3, -0.25) is 9.69 Å². The van der Waals surface area contributed by atoms with Crippen molar-refractivity contribution in [1.82, 2.24) is 4.90 Å². The van der Waals surface area contributed by atoms with Crippen LogP contribution in [0.3, 0.4) is 0 Å². The second-order valence-corrected chi connectivity index (χ2v) is 7.13. The van der Waals surface area contributed by atoms with Gasteiger partial charge >= 0.3 is 0 Å². The molecule has 0 bridgehead atoms. The normalized spacial score (nSPS) is 17.7. The lowest BCUT2D eigenvalue weighted by atomic mass is 10.0. The predicted molar refractivity (Wildman–Crippen MR) is 93.3 cm³/mol. The second kappa shape index (κ2) is 7.23. The SMILES string of the molecule is COc1cccc(/C=C2/SC(=S)N([C@@H](C(=O)[O-])C(C)C)C2=O)c1O. The van der Waals surface area contributed by atoms with Gasteiger partial charge in [0.15, 0.2) is 11.5 Å². The van der Waals surface area contributed by atoms with Gasteiger partial charge in [-0.2, -0.15) is 0 Å². The number of carbonyl (C=O) groups excluding carboxylic acids is 2. The lowest BCUT2D eigenvalue weighted by Gasteiger charge is -2.30. The Kier molecular flexibility index (Phi) is 5.51. The average Bonchev–Trinajstić information content (AvgIpc) is 2.77. The van der Waals surface area contributed by atoms with Crippen molar-refractivity contribution >= 4 is 46.3 Å². The molecular formula is C16H16NO5S2-. The molecule has 1 atom stereocenters. The number of amides is 1. The number of aromatic hydroxyl groups is 1. The van der Waals surface area contributed by atoms with Crippen LogP contribution in [0.25, 0.3) is 6.08 Å². The molecule has 1 aromatic rings. The van der Waals surface area contributed by atoms with E-state index in [0.29, 0.717) is 5.56 Å². The molecule has 0 aliphatic carbocycles. The quantitative estimate of drug-likeness (QED) is 0.622. The number of carbonyl (C=O) groups is 2. The minimum Gasteiger partial charge on any atom is -0.548 e. The van der Waals surface area contributed by atoms with Gasteiger partial charge in [0.1, 0.15) is 4.32 Å². The van der Waals surface area contributed by atoms with Crippen molar-refractivity contribution < 1.29 is 24.5 Å². The third kappa shape index (κ3) is 3.39. The zero-order chi connectivity index (χ0) is 18.0. The van der Waals surface area contributed by atoms with Crippen molar-refractivity contribution in [1.29, 1.82) is 0 Å². The first-order valence-corrected chi connectivity index (χ1v) is 8.34. The maximum Gasteiger partial charge on any atom is 0.266 e. The maximum atomic E-state index is 12.6. The molecule has 1 aromatic carbocycles. The number of phenolic OH excluding ortho intramolecular Hbond substituents is 1. The summed E-state index contributed by atoms with van der Waals surface area (Å²) in [5.74, 6) is -2.07. The first kappa shape index (κ1) is 18.3. The number of hydrogen-bond donors (Lipinski definition) is 1. The number of rotatable bonds is 5. The zero-order valence-corrected chi connectivity index (χ0v) is 14.9. The van der Waals surface area contributed by atoms with Crippen molar-refractivity contribution in [3.05, 3.63) is 28.7 Å². The standard InChI is InChI=1S/C16H17NO5S2/c1-8(2)12(15(20)21)17-14(19)11(24-16(17)23)7-9-5-4-6-10(22-3)13(9)18/h4-8,12,18H,1-3H3,(H,20,21)/p-1/b11-7+/t12-/m1/s1. The maximum absolute atomic E-state index is 12.6. The minimum absolute atomic E-state index is 0.106. The third-order valence-electron chi connectivity index (χ3n) is 3.51. The smallest absolute Gasteiger partial charge is 0.266 e. The van der Waals surface area contributed by atoms with Crippen LogP contribution in [-0.4, -0.2) is 39.4 Å². The van der Waals surface area contributed by atoms with E-state index in [9.17, 15) is 19.8 Å². The van der Waals surface area contributed by atoms with Crippen molar-refractivity contribution in [2.24, 2.45) is 5.92 Å². The Morgan fingerprint density at radius 3 is 2.67 bits per heavy atom. The van der Waals surface area contributed by atoms with E-state index in [-0.39, 0.29) is 26.6 Å². The van der Waals surface area contributed by atoms with Crippen molar-refractivity contribution in [2.45, 2.75) is 19.9 Å². The number of carboxylic acids is 1. The lowest BCUT2D eigenvalue weighted by molar-refractivity contribution is -0.311. The van der Waals surface area contributed by atoms with Crippen LogP contribution in [0.5, 0.6) is 11.5 Å². The molecule has 1 N–H and O–H groups in total. The highest BCUT2D eigenvalue weighted by atomic mass is 32.2. The van der Waals surface area contributed by atoms with E-state index in [1.165, 1.54) is 13.2 Å². The molecule has 0 radical (unpaired) electrons. The number of ether oxygens (including phenoxy) is 1. The number of nitrogens with zero attached hydrogens (tertiary/aromatic N) is 1. The number of phenols is 1. The molecule has 8 heteroatoms. The Morgan fingerprint density at radius 2 is 2.12 bits per heavy atom. The number of thioether (sulfide) groups is 1. The lowest BCUT2D eigenvalue weighted by Crippen LogP contribution is -2.52. The predicted octanol–water partition coefficient (Wildman–Crippen LogP) is 1.38. The van der Waals surface area contributed by atoms with Crippen LogP contribution in [0.2, 0.25) is 0 Å². The van der Waals surface area contributed by atoms with Crippen LogP contribution in [0, 0.1) is 5.92 Å². The molecular weight excluding hydrogens is 350 g/mol. The van der Waals surface area contributed by atoms with Crippen LogP contribution in [0.1, 0.15) is 19.4 Å². The van der Waals surface area contributed by atoms with Crippen molar-refractivity contribution in [3.63, 3.8) is 0 Å². The van der Waals surface area contributed by atoms with Gasteiger partial charge in [0, 0.05) is 5.56 Å². The van der Waals surface area contributed by atoms with Gasteiger partial charge in [-0.1, -0.05) is 50.0 Å². The topological polar surface area (TPSA) is 89.9 Å². The zero-order valence-electron chi connectivity index (χ0n) is 13.3. The van der Waals surface area contributed by atoms with E-state index in [0.717, 1.165) is 16.7 Å². The Morgan fingerprint density at radius 1 is 1.46 bits per heavy atom. The van der Waals surface area contributed by atoms with E-state index < -0.39 is 17.9 Å². The highest BCUT2D eigenvalue weighted by molar-refractivity contribution is 8.26. The highest BCUT2D eigenvalue weighted by Gasteiger charge is 2.39. The molecule has 6 nitrogen and oxygen atoms in total. The van der Waals surface area contributed by atoms with Gasteiger partial charge in [0.05, 0.1) is 24.0 Å². The summed E-state index contributed by atoms with van der Waals surface area (Å²) in [5, 5.41) is 21.5. The molecule has 1 saturated heterocycles. The number of aliphatic carboxylic acids is 1. The van der Waals surface area contributed by atoms with E-state index in [1.807, 2.05) is 0 Å². The van der Waals surface area contributed by atoms with Crippen molar-refractivity contribution in [2.75, 3.05) is 7.11 Å². The average molecular weight is 366 g/mol. The van der Waals surface area contributed by atoms with Crippen LogP contribution < -0.4 is 9.84 Å². The van der Waals surface area contributed by atoms with Gasteiger partial charge in [-0.25, -0.2) is 0 Å². The number of benzene rings is 1. The summed E-state index contributed by atoms with van der Waals surface area (Å²) < 4.78 is 5.18. The molecule has 1 fully saturated rings.